The van der Waals surface area contributed by atoms with E-state index in [1.807, 2.05) is 49.1 Å². The van der Waals surface area contributed by atoms with Crippen LogP contribution in [0.3, 0.4) is 0 Å². The number of amides is 1. The van der Waals surface area contributed by atoms with E-state index in [2.05, 4.69) is 15.6 Å². The van der Waals surface area contributed by atoms with Gasteiger partial charge in [0.2, 0.25) is 5.91 Å². The van der Waals surface area contributed by atoms with Crippen LogP contribution in [0, 0.1) is 5.92 Å². The second-order valence-electron chi connectivity index (χ2n) is 6.47. The molecular weight excluding hydrogens is 344 g/mol. The lowest BCUT2D eigenvalue weighted by molar-refractivity contribution is -0.149. The molecular formula is C20H30N4O3. The summed E-state index contributed by atoms with van der Waals surface area (Å²) >= 11 is 0. The number of likely N-dealkylation sites (tertiary alicyclic amines) is 1. The van der Waals surface area contributed by atoms with Gasteiger partial charge in [-0.25, -0.2) is 4.99 Å². The van der Waals surface area contributed by atoms with Crippen molar-refractivity contribution in [3.05, 3.63) is 35.9 Å². The van der Waals surface area contributed by atoms with E-state index < -0.39 is 0 Å². The summed E-state index contributed by atoms with van der Waals surface area (Å²) in [6.07, 6.45) is 1.72. The number of nitrogens with one attached hydrogen (secondary N) is 2. The molecule has 0 spiro atoms. The number of ether oxygens (including phenoxy) is 1. The summed E-state index contributed by atoms with van der Waals surface area (Å²) in [5.41, 5.74) is 1.05. The zero-order valence-electron chi connectivity index (χ0n) is 16.2. The topological polar surface area (TPSA) is 83.0 Å². The fourth-order valence-corrected chi connectivity index (χ4v) is 3.05. The van der Waals surface area contributed by atoms with Crippen molar-refractivity contribution < 1.29 is 14.3 Å². The number of hydrogen-bond donors (Lipinski definition) is 2. The van der Waals surface area contributed by atoms with Gasteiger partial charge in [-0.2, -0.15) is 0 Å². The molecule has 7 nitrogen and oxygen atoms in total. The first-order chi connectivity index (χ1) is 13.1. The Bertz CT molecular complexity index is 633. The van der Waals surface area contributed by atoms with E-state index in [4.69, 9.17) is 4.74 Å². The molecule has 2 N–H and O–H groups in total. The van der Waals surface area contributed by atoms with Crippen LogP contribution >= 0.6 is 0 Å². The SMILES string of the molecule is CCNC(=NCC(=O)NCc1ccccc1)N1CCCC(C(=O)OCC)C1. The number of carbonyl (C=O) groups is 2. The van der Waals surface area contributed by atoms with Gasteiger partial charge < -0.3 is 20.3 Å². The summed E-state index contributed by atoms with van der Waals surface area (Å²) in [5.74, 6) is 0.239. The predicted octanol–water partition coefficient (Wildman–Crippen LogP) is 1.54. The molecule has 1 aliphatic heterocycles. The zero-order valence-corrected chi connectivity index (χ0v) is 16.2. The molecule has 1 saturated heterocycles. The Morgan fingerprint density at radius 1 is 1.22 bits per heavy atom. The van der Waals surface area contributed by atoms with Crippen LogP contribution in [0.25, 0.3) is 0 Å². The maximum atomic E-state index is 12.1. The number of rotatable bonds is 7. The Morgan fingerprint density at radius 2 is 2.00 bits per heavy atom. The molecule has 0 aliphatic carbocycles. The van der Waals surface area contributed by atoms with Crippen molar-refractivity contribution >= 4 is 17.8 Å². The molecule has 1 fully saturated rings. The molecule has 0 saturated carbocycles. The van der Waals surface area contributed by atoms with Crippen LogP contribution in [0.1, 0.15) is 32.3 Å². The molecule has 1 atom stereocenters. The van der Waals surface area contributed by atoms with Crippen molar-refractivity contribution in [3.8, 4) is 0 Å². The first-order valence-corrected chi connectivity index (χ1v) is 9.64. The summed E-state index contributed by atoms with van der Waals surface area (Å²) in [6.45, 7) is 6.81. The average Bonchev–Trinajstić information content (AvgIpc) is 2.70. The summed E-state index contributed by atoms with van der Waals surface area (Å²) in [7, 11) is 0. The molecule has 0 radical (unpaired) electrons. The van der Waals surface area contributed by atoms with Crippen molar-refractivity contribution in [1.82, 2.24) is 15.5 Å². The number of nitrogens with zero attached hydrogens (tertiary/aromatic N) is 2. The lowest BCUT2D eigenvalue weighted by atomic mass is 9.98. The minimum absolute atomic E-state index is 0.0513. The summed E-state index contributed by atoms with van der Waals surface area (Å²) < 4.78 is 5.15. The smallest absolute Gasteiger partial charge is 0.310 e. The molecule has 27 heavy (non-hydrogen) atoms. The zero-order chi connectivity index (χ0) is 19.5. The van der Waals surface area contributed by atoms with Crippen LogP contribution in [0.4, 0.5) is 0 Å². The summed E-state index contributed by atoms with van der Waals surface area (Å²) in [5, 5.41) is 6.09. The van der Waals surface area contributed by atoms with E-state index in [1.165, 1.54) is 0 Å². The largest absolute Gasteiger partial charge is 0.466 e. The normalized spacial score (nSPS) is 17.3. The summed E-state index contributed by atoms with van der Waals surface area (Å²) in [4.78, 5) is 30.7. The molecule has 0 aromatic heterocycles. The molecule has 1 aliphatic rings. The van der Waals surface area contributed by atoms with Gasteiger partial charge in [-0.05, 0) is 32.3 Å². The Labute approximate surface area is 161 Å². The molecule has 1 aromatic rings. The van der Waals surface area contributed by atoms with Crippen LogP contribution < -0.4 is 10.6 Å². The fourth-order valence-electron chi connectivity index (χ4n) is 3.05. The van der Waals surface area contributed by atoms with E-state index in [9.17, 15) is 9.59 Å². The number of hydrogen-bond acceptors (Lipinski definition) is 4. The lowest BCUT2D eigenvalue weighted by Crippen LogP contribution is -2.48. The van der Waals surface area contributed by atoms with Gasteiger partial charge in [0.1, 0.15) is 6.54 Å². The minimum atomic E-state index is -0.154. The third-order valence-corrected chi connectivity index (χ3v) is 4.38. The highest BCUT2D eigenvalue weighted by atomic mass is 16.5. The van der Waals surface area contributed by atoms with E-state index in [1.54, 1.807) is 0 Å². The van der Waals surface area contributed by atoms with Crippen molar-refractivity contribution in [2.24, 2.45) is 10.9 Å². The quantitative estimate of drug-likeness (QED) is 0.430. The van der Waals surface area contributed by atoms with E-state index in [-0.39, 0.29) is 24.3 Å². The number of guanidine groups is 1. The highest BCUT2D eigenvalue weighted by molar-refractivity contribution is 5.85. The Balaban J connectivity index is 1.90. The summed E-state index contributed by atoms with van der Waals surface area (Å²) in [6, 6.07) is 9.77. The molecule has 1 amide bonds. The van der Waals surface area contributed by atoms with Crippen LogP contribution in [-0.2, 0) is 20.9 Å². The van der Waals surface area contributed by atoms with Gasteiger partial charge in [-0.1, -0.05) is 30.3 Å². The van der Waals surface area contributed by atoms with Gasteiger partial charge in [0.25, 0.3) is 0 Å². The maximum absolute atomic E-state index is 12.1. The van der Waals surface area contributed by atoms with Crippen molar-refractivity contribution in [2.75, 3.05) is 32.8 Å². The molecule has 1 unspecified atom stereocenters. The van der Waals surface area contributed by atoms with Crippen molar-refractivity contribution in [1.29, 1.82) is 0 Å². The standard InChI is InChI=1S/C20H30N4O3/c1-3-21-20(24-12-8-11-17(15-24)19(26)27-4-2)23-14-18(25)22-13-16-9-6-5-7-10-16/h5-7,9-10,17H,3-4,8,11-15H2,1-2H3,(H,21,23)(H,22,25). The van der Waals surface area contributed by atoms with Crippen molar-refractivity contribution in [2.45, 2.75) is 33.2 Å². The molecule has 2 rings (SSSR count). The third kappa shape index (κ3) is 6.92. The predicted molar refractivity (Wildman–Crippen MR) is 105 cm³/mol. The number of aliphatic imine (C=N–C) groups is 1. The van der Waals surface area contributed by atoms with E-state index in [0.717, 1.165) is 24.9 Å². The van der Waals surface area contributed by atoms with Gasteiger partial charge in [-0.3, -0.25) is 9.59 Å². The van der Waals surface area contributed by atoms with Crippen molar-refractivity contribution in [3.63, 3.8) is 0 Å². The molecule has 1 aromatic carbocycles. The van der Waals surface area contributed by atoms with E-state index >= 15 is 0 Å². The lowest BCUT2D eigenvalue weighted by Gasteiger charge is -2.33. The molecule has 7 heteroatoms. The van der Waals surface area contributed by atoms with E-state index in [0.29, 0.717) is 32.2 Å². The fraction of sp³-hybridized carbons (Fsp3) is 0.550. The average molecular weight is 374 g/mol. The number of esters is 1. The second-order valence-corrected chi connectivity index (χ2v) is 6.47. The van der Waals surface area contributed by atoms with Gasteiger partial charge in [0.15, 0.2) is 5.96 Å². The van der Waals surface area contributed by atoms with Gasteiger partial charge in [-0.15, -0.1) is 0 Å². The molecule has 0 bridgehead atoms. The van der Waals surface area contributed by atoms with Crippen LogP contribution in [-0.4, -0.2) is 55.5 Å². The van der Waals surface area contributed by atoms with Crippen LogP contribution in [0.5, 0.6) is 0 Å². The van der Waals surface area contributed by atoms with Crippen LogP contribution in [0.15, 0.2) is 35.3 Å². The molecule has 1 heterocycles. The van der Waals surface area contributed by atoms with Gasteiger partial charge in [0.05, 0.1) is 12.5 Å². The third-order valence-electron chi connectivity index (χ3n) is 4.38. The molecule has 148 valence electrons. The Kier molecular flexibility index (Phi) is 8.61. The number of benzene rings is 1. The Hall–Kier alpha value is -2.57. The van der Waals surface area contributed by atoms with Crippen LogP contribution in [0.2, 0.25) is 0 Å². The highest BCUT2D eigenvalue weighted by Gasteiger charge is 2.28. The number of carbonyl (C=O) groups excluding carboxylic acids is 2. The van der Waals surface area contributed by atoms with Gasteiger partial charge in [0, 0.05) is 26.2 Å². The maximum Gasteiger partial charge on any atom is 0.310 e. The second kappa shape index (κ2) is 11.2. The number of piperidine rings is 1. The first-order valence-electron chi connectivity index (χ1n) is 9.64. The van der Waals surface area contributed by atoms with Gasteiger partial charge >= 0.3 is 5.97 Å². The Morgan fingerprint density at radius 3 is 2.70 bits per heavy atom. The monoisotopic (exact) mass is 374 g/mol. The first kappa shape index (κ1) is 20.7. The minimum Gasteiger partial charge on any atom is -0.466 e. The highest BCUT2D eigenvalue weighted by Crippen LogP contribution is 2.18.